The van der Waals surface area contributed by atoms with Crippen molar-refractivity contribution in [1.29, 1.82) is 0 Å². The Bertz CT molecular complexity index is 1390. The van der Waals surface area contributed by atoms with Crippen molar-refractivity contribution < 1.29 is 48.0 Å². The zero-order valence-electron chi connectivity index (χ0n) is 27.8. The van der Waals surface area contributed by atoms with Crippen molar-refractivity contribution in [3.63, 3.8) is 0 Å². The van der Waals surface area contributed by atoms with Crippen LogP contribution in [0.2, 0.25) is 0 Å². The Morgan fingerprint density at radius 3 is 1.94 bits per heavy atom. The van der Waals surface area contributed by atoms with E-state index < -0.39 is 46.9 Å². The summed E-state index contributed by atoms with van der Waals surface area (Å²) < 4.78 is 20.6. The summed E-state index contributed by atoms with van der Waals surface area (Å²) in [7, 11) is 0. The number of esters is 4. The molecule has 0 aliphatic carbocycles. The first kappa shape index (κ1) is 40.0. The highest BCUT2D eigenvalue weighted by Crippen LogP contribution is 2.18. The number of ether oxygens (including phenoxy) is 4. The van der Waals surface area contributed by atoms with Crippen LogP contribution in [0.5, 0.6) is 5.75 Å². The van der Waals surface area contributed by atoms with E-state index in [2.05, 4.69) is 13.0 Å². The van der Waals surface area contributed by atoms with Crippen LogP contribution in [0.1, 0.15) is 101 Å². The number of hydrogen-bond donors (Lipinski definition) is 0. The number of allylic oxidation sites excluding steroid dienone is 1. The molecule has 0 saturated heterocycles. The van der Waals surface area contributed by atoms with E-state index in [4.69, 9.17) is 18.9 Å². The molecule has 0 unspecified atom stereocenters. The Kier molecular flexibility index (Phi) is 19.0. The van der Waals surface area contributed by atoms with Gasteiger partial charge in [-0.05, 0) is 56.4 Å². The lowest BCUT2D eigenvalue weighted by molar-refractivity contribution is -0.385. The van der Waals surface area contributed by atoms with Crippen molar-refractivity contribution in [3.05, 3.63) is 86.5 Å². The monoisotopic (exact) mass is 684 g/mol. The van der Waals surface area contributed by atoms with Gasteiger partial charge in [0, 0.05) is 37.1 Å². The first-order chi connectivity index (χ1) is 23.6. The Balaban J connectivity index is 1.59. The maximum absolute atomic E-state index is 12.4. The maximum atomic E-state index is 12.4. The molecule has 2 aromatic rings. The fraction of sp³-hybridized carbons (Fsp3) is 0.486. The minimum atomic E-state index is -0.779. The summed E-state index contributed by atoms with van der Waals surface area (Å²) in [4.78, 5) is 68.7. The van der Waals surface area contributed by atoms with Gasteiger partial charge in [-0.25, -0.2) is 14.4 Å². The average molecular weight is 685 g/mol. The van der Waals surface area contributed by atoms with E-state index in [0.717, 1.165) is 57.8 Å². The molecule has 1 atom stereocenters. The predicted octanol–water partition coefficient (Wildman–Crippen LogP) is 7.37. The highest BCUT2D eigenvalue weighted by molar-refractivity contribution is 5.91. The average Bonchev–Trinajstić information content (AvgIpc) is 3.09. The van der Waals surface area contributed by atoms with Crippen molar-refractivity contribution in [2.24, 2.45) is 0 Å². The quantitative estimate of drug-likeness (QED) is 0.0203. The smallest absolute Gasteiger partial charge is 0.349 e. The van der Waals surface area contributed by atoms with Crippen LogP contribution in [0, 0.1) is 20.2 Å². The molecule has 0 aliphatic heterocycles. The highest BCUT2D eigenvalue weighted by Gasteiger charge is 2.17. The maximum Gasteiger partial charge on any atom is 0.349 e. The molecule has 2 aromatic carbocycles. The van der Waals surface area contributed by atoms with Crippen LogP contribution in [0.25, 0.3) is 0 Å². The summed E-state index contributed by atoms with van der Waals surface area (Å²) >= 11 is 0. The molecule has 0 radical (unpaired) electrons. The summed E-state index contributed by atoms with van der Waals surface area (Å²) in [5.74, 6) is -2.59. The molecule has 2 rings (SSSR count). The van der Waals surface area contributed by atoms with Crippen LogP contribution in [0.15, 0.2) is 60.7 Å². The number of carbonyl (C=O) groups excluding carboxylic acids is 4. The molecule has 0 fully saturated rings. The molecule has 0 saturated carbocycles. The van der Waals surface area contributed by atoms with Crippen molar-refractivity contribution in [1.82, 2.24) is 0 Å². The minimum absolute atomic E-state index is 0.0960. The molecule has 0 amide bonds. The summed E-state index contributed by atoms with van der Waals surface area (Å²) in [6, 6.07) is 9.89. The summed E-state index contributed by atoms with van der Waals surface area (Å²) in [6.07, 6.45) is 14.4. The van der Waals surface area contributed by atoms with Crippen molar-refractivity contribution >= 4 is 35.3 Å². The Labute approximate surface area is 285 Å². The van der Waals surface area contributed by atoms with Gasteiger partial charge in [-0.1, -0.05) is 57.6 Å². The van der Waals surface area contributed by atoms with E-state index in [1.54, 1.807) is 0 Å². The lowest BCUT2D eigenvalue weighted by atomic mass is 10.1. The fourth-order valence-electron chi connectivity index (χ4n) is 4.61. The second-order valence-corrected chi connectivity index (χ2v) is 11.2. The topological polar surface area (TPSA) is 191 Å². The Morgan fingerprint density at radius 2 is 1.29 bits per heavy atom. The molecule has 0 bridgehead atoms. The van der Waals surface area contributed by atoms with Gasteiger partial charge >= 0.3 is 23.9 Å². The Morgan fingerprint density at radius 1 is 0.694 bits per heavy atom. The van der Waals surface area contributed by atoms with E-state index in [1.165, 1.54) is 48.5 Å². The minimum Gasteiger partial charge on any atom is -0.460 e. The molecule has 0 N–H and O–H groups in total. The third-order valence-electron chi connectivity index (χ3n) is 7.26. The van der Waals surface area contributed by atoms with Crippen molar-refractivity contribution in [3.8, 4) is 5.75 Å². The summed E-state index contributed by atoms with van der Waals surface area (Å²) in [6.45, 7) is 1.02. The summed E-state index contributed by atoms with van der Waals surface area (Å²) in [5, 5.41) is 21.5. The number of hydrogen-bond acceptors (Lipinski definition) is 12. The largest absolute Gasteiger partial charge is 0.460 e. The number of nitro groups is 2. The molecular formula is C35H44N2O12. The zero-order valence-corrected chi connectivity index (χ0v) is 27.8. The third-order valence-corrected chi connectivity index (χ3v) is 7.26. The number of carbonyl (C=O) groups is 4. The molecular weight excluding hydrogens is 640 g/mol. The second kappa shape index (κ2) is 23.2. The molecule has 266 valence electrons. The van der Waals surface area contributed by atoms with Gasteiger partial charge in [-0.15, -0.1) is 0 Å². The molecule has 0 heterocycles. The van der Waals surface area contributed by atoms with Gasteiger partial charge in [-0.2, -0.15) is 0 Å². The van der Waals surface area contributed by atoms with Gasteiger partial charge in [0.25, 0.3) is 11.4 Å². The molecule has 49 heavy (non-hydrogen) atoms. The van der Waals surface area contributed by atoms with Gasteiger partial charge in [0.15, 0.2) is 13.2 Å². The number of benzene rings is 2. The fourth-order valence-corrected chi connectivity index (χ4v) is 4.61. The Hall–Kier alpha value is -5.14. The SMILES string of the molecule is CCCCCC[C@H](CC=CCCCCCCCC(=O)OCC(=O)Oc1ccc([N+](=O)[O-])cc1)OC(=O)COC(=O)c1ccc([N+](=O)[O-])cc1. The number of rotatable bonds is 24. The van der Waals surface area contributed by atoms with Crippen LogP contribution >= 0.6 is 0 Å². The highest BCUT2D eigenvalue weighted by atomic mass is 16.6. The molecule has 0 spiro atoms. The van der Waals surface area contributed by atoms with E-state index in [9.17, 15) is 39.4 Å². The van der Waals surface area contributed by atoms with Gasteiger partial charge in [-0.3, -0.25) is 25.0 Å². The lowest BCUT2D eigenvalue weighted by Gasteiger charge is -2.16. The van der Waals surface area contributed by atoms with Crippen LogP contribution in [-0.2, 0) is 28.6 Å². The third kappa shape index (κ3) is 17.5. The second-order valence-electron chi connectivity index (χ2n) is 11.2. The molecule has 14 nitrogen and oxygen atoms in total. The molecule has 14 heteroatoms. The van der Waals surface area contributed by atoms with E-state index in [-0.39, 0.29) is 35.2 Å². The normalized spacial score (nSPS) is 11.4. The van der Waals surface area contributed by atoms with Gasteiger partial charge in [0.1, 0.15) is 11.9 Å². The standard InChI is InChI=1S/C35H44N2O12/c1-2-3-4-11-14-30(48-34(40)26-47-35(41)27-17-19-28(20-18-27)36(42)43)15-12-9-7-5-6-8-10-13-16-32(38)46-25-33(39)49-31-23-21-29(22-24-31)37(44)45/h9,12,17-24,30H,2-8,10-11,13-16,25-26H2,1H3/t30-/m1/s1. The van der Waals surface area contributed by atoms with Crippen LogP contribution in [0.4, 0.5) is 11.4 Å². The van der Waals surface area contributed by atoms with Crippen LogP contribution in [-0.4, -0.2) is 53.0 Å². The first-order valence-electron chi connectivity index (χ1n) is 16.5. The zero-order chi connectivity index (χ0) is 35.9. The van der Waals surface area contributed by atoms with Crippen molar-refractivity contribution in [2.75, 3.05) is 13.2 Å². The number of non-ortho nitro benzene ring substituents is 2. The van der Waals surface area contributed by atoms with E-state index in [0.29, 0.717) is 19.3 Å². The predicted molar refractivity (Wildman–Crippen MR) is 178 cm³/mol. The van der Waals surface area contributed by atoms with Gasteiger partial charge < -0.3 is 18.9 Å². The number of unbranched alkanes of at least 4 members (excludes halogenated alkanes) is 8. The van der Waals surface area contributed by atoms with Gasteiger partial charge in [0.05, 0.1) is 15.4 Å². The van der Waals surface area contributed by atoms with Gasteiger partial charge in [0.2, 0.25) is 0 Å². The molecule has 0 aromatic heterocycles. The van der Waals surface area contributed by atoms with Crippen LogP contribution < -0.4 is 4.74 Å². The number of nitrogens with zero attached hydrogens (tertiary/aromatic N) is 2. The van der Waals surface area contributed by atoms with Crippen molar-refractivity contribution in [2.45, 2.75) is 96.5 Å². The van der Waals surface area contributed by atoms with E-state index >= 15 is 0 Å². The lowest BCUT2D eigenvalue weighted by Crippen LogP contribution is -2.23. The van der Waals surface area contributed by atoms with E-state index in [1.807, 2.05) is 6.08 Å². The number of nitro benzene ring substituents is 2. The van der Waals surface area contributed by atoms with Crippen LogP contribution in [0.3, 0.4) is 0 Å². The molecule has 0 aliphatic rings. The first-order valence-corrected chi connectivity index (χ1v) is 16.5. The summed E-state index contributed by atoms with van der Waals surface area (Å²) in [5.41, 5.74) is -0.195.